The Hall–Kier alpha value is -2.73. The van der Waals surface area contributed by atoms with Crippen LogP contribution in [0.25, 0.3) is 11.1 Å². The quantitative estimate of drug-likeness (QED) is 0.797. The van der Waals surface area contributed by atoms with Gasteiger partial charge < -0.3 is 10.1 Å². The van der Waals surface area contributed by atoms with E-state index in [9.17, 15) is 4.79 Å². The molecule has 0 aliphatic heterocycles. The Morgan fingerprint density at radius 3 is 2.27 bits per heavy atom. The molecule has 1 amide bonds. The number of carbonyl (C=O) groups excluding carboxylic acids is 1. The zero-order valence-corrected chi connectivity index (χ0v) is 14.8. The first kappa shape index (κ1) is 16.7. The standard InChI is InChI=1S/C23H23NO2/c1-2-17(14-16-8-7-9-16)24-23(25)26-15-22-20-12-5-3-10-18(20)19-11-4-6-13-21(19)22/h1,3-6,10-13,16-17,22H,7-9,14-15H2,(H,24,25). The van der Waals surface area contributed by atoms with Crippen LogP contribution >= 0.6 is 0 Å². The summed E-state index contributed by atoms with van der Waals surface area (Å²) in [5, 5.41) is 2.84. The van der Waals surface area contributed by atoms with Crippen LogP contribution in [0.4, 0.5) is 4.79 Å². The van der Waals surface area contributed by atoms with Gasteiger partial charge in [-0.25, -0.2) is 4.79 Å². The van der Waals surface area contributed by atoms with Gasteiger partial charge in [0, 0.05) is 5.92 Å². The lowest BCUT2D eigenvalue weighted by Gasteiger charge is -2.27. The molecule has 0 heterocycles. The lowest BCUT2D eigenvalue weighted by molar-refractivity contribution is 0.138. The molecule has 3 heteroatoms. The summed E-state index contributed by atoms with van der Waals surface area (Å²) in [7, 11) is 0. The van der Waals surface area contributed by atoms with Gasteiger partial charge in [0.2, 0.25) is 0 Å². The highest BCUT2D eigenvalue weighted by molar-refractivity contribution is 5.79. The molecule has 2 aromatic rings. The van der Waals surface area contributed by atoms with Gasteiger partial charge >= 0.3 is 6.09 Å². The van der Waals surface area contributed by atoms with Gasteiger partial charge in [-0.2, -0.15) is 0 Å². The Morgan fingerprint density at radius 1 is 1.12 bits per heavy atom. The van der Waals surface area contributed by atoms with E-state index in [4.69, 9.17) is 11.2 Å². The lowest BCUT2D eigenvalue weighted by atomic mass is 9.81. The average molecular weight is 345 g/mol. The summed E-state index contributed by atoms with van der Waals surface area (Å²) < 4.78 is 5.56. The van der Waals surface area contributed by atoms with E-state index in [-0.39, 0.29) is 12.0 Å². The number of hydrogen-bond acceptors (Lipinski definition) is 2. The Morgan fingerprint density at radius 2 is 1.73 bits per heavy atom. The van der Waals surface area contributed by atoms with Crippen molar-refractivity contribution in [2.24, 2.45) is 5.92 Å². The van der Waals surface area contributed by atoms with Gasteiger partial charge in [0.05, 0.1) is 6.04 Å². The second kappa shape index (κ2) is 7.25. The maximum atomic E-state index is 12.3. The summed E-state index contributed by atoms with van der Waals surface area (Å²) in [6, 6.07) is 16.4. The molecule has 2 aliphatic carbocycles. The van der Waals surface area contributed by atoms with Crippen LogP contribution in [0.3, 0.4) is 0 Å². The van der Waals surface area contributed by atoms with E-state index in [1.807, 2.05) is 24.3 Å². The summed E-state index contributed by atoms with van der Waals surface area (Å²) in [4.78, 5) is 12.3. The molecule has 1 saturated carbocycles. The van der Waals surface area contributed by atoms with Crippen LogP contribution in [-0.4, -0.2) is 18.7 Å². The molecule has 0 aromatic heterocycles. The van der Waals surface area contributed by atoms with Gasteiger partial charge in [-0.1, -0.05) is 73.7 Å². The zero-order chi connectivity index (χ0) is 17.9. The minimum Gasteiger partial charge on any atom is -0.449 e. The number of fused-ring (bicyclic) bond motifs is 3. The van der Waals surface area contributed by atoms with Crippen molar-refractivity contribution >= 4 is 6.09 Å². The van der Waals surface area contributed by atoms with Gasteiger partial charge in [-0.05, 0) is 34.6 Å². The topological polar surface area (TPSA) is 38.3 Å². The Bertz CT molecular complexity index is 802. The largest absolute Gasteiger partial charge is 0.449 e. The minimum absolute atomic E-state index is 0.0732. The number of ether oxygens (including phenoxy) is 1. The highest BCUT2D eigenvalue weighted by atomic mass is 16.5. The number of hydrogen-bond donors (Lipinski definition) is 1. The average Bonchev–Trinajstić information content (AvgIpc) is 2.96. The third-order valence-corrected chi connectivity index (χ3v) is 5.63. The van der Waals surface area contributed by atoms with Crippen LogP contribution in [0.5, 0.6) is 0 Å². The van der Waals surface area contributed by atoms with Crippen molar-refractivity contribution < 1.29 is 9.53 Å². The Labute approximate surface area is 154 Å². The first-order valence-corrected chi connectivity index (χ1v) is 9.34. The van der Waals surface area contributed by atoms with E-state index >= 15 is 0 Å². The second-order valence-electron chi connectivity index (χ2n) is 7.22. The summed E-state index contributed by atoms with van der Waals surface area (Å²) in [5.74, 6) is 3.40. The number of nitrogens with one attached hydrogen (secondary N) is 1. The maximum absolute atomic E-state index is 12.3. The summed E-state index contributed by atoms with van der Waals surface area (Å²) in [5.41, 5.74) is 4.88. The number of carbonyl (C=O) groups is 1. The minimum atomic E-state index is -0.422. The molecule has 1 unspecified atom stereocenters. The molecule has 4 rings (SSSR count). The predicted molar refractivity (Wildman–Crippen MR) is 103 cm³/mol. The monoisotopic (exact) mass is 345 g/mol. The molecule has 0 bridgehead atoms. The molecule has 2 aliphatic rings. The molecule has 0 saturated heterocycles. The van der Waals surface area contributed by atoms with E-state index in [1.54, 1.807) is 0 Å². The predicted octanol–water partition coefficient (Wildman–Crippen LogP) is 4.72. The smallest absolute Gasteiger partial charge is 0.408 e. The molecule has 132 valence electrons. The molecule has 1 N–H and O–H groups in total. The van der Waals surface area contributed by atoms with Crippen LogP contribution < -0.4 is 5.32 Å². The van der Waals surface area contributed by atoms with Gasteiger partial charge in [0.25, 0.3) is 0 Å². The van der Waals surface area contributed by atoms with Gasteiger partial charge in [-0.15, -0.1) is 6.42 Å². The molecule has 1 fully saturated rings. The molecular formula is C23H23NO2. The van der Waals surface area contributed by atoms with Crippen molar-refractivity contribution in [3.8, 4) is 23.5 Å². The number of terminal acetylenes is 1. The molecule has 26 heavy (non-hydrogen) atoms. The summed E-state index contributed by atoms with van der Waals surface area (Å²) >= 11 is 0. The normalized spacial score (nSPS) is 16.7. The van der Waals surface area contributed by atoms with Crippen molar-refractivity contribution in [1.82, 2.24) is 5.32 Å². The van der Waals surface area contributed by atoms with Crippen LogP contribution in [0.2, 0.25) is 0 Å². The highest BCUT2D eigenvalue weighted by Gasteiger charge is 2.29. The van der Waals surface area contributed by atoms with Crippen molar-refractivity contribution in [3.05, 3.63) is 59.7 Å². The molecule has 2 aromatic carbocycles. The Balaban J connectivity index is 1.41. The number of amides is 1. The van der Waals surface area contributed by atoms with E-state index in [2.05, 4.69) is 35.5 Å². The fourth-order valence-electron chi connectivity index (χ4n) is 4.01. The molecule has 1 atom stereocenters. The van der Waals surface area contributed by atoms with E-state index in [1.165, 1.54) is 41.5 Å². The van der Waals surface area contributed by atoms with Crippen LogP contribution in [0, 0.1) is 18.3 Å². The fourth-order valence-corrected chi connectivity index (χ4v) is 4.01. The van der Waals surface area contributed by atoms with Gasteiger partial charge in [0.1, 0.15) is 6.61 Å². The number of benzene rings is 2. The number of rotatable bonds is 5. The van der Waals surface area contributed by atoms with Crippen LogP contribution in [-0.2, 0) is 4.74 Å². The van der Waals surface area contributed by atoms with Crippen molar-refractivity contribution in [2.75, 3.05) is 6.61 Å². The van der Waals surface area contributed by atoms with Gasteiger partial charge in [-0.3, -0.25) is 0 Å². The summed E-state index contributed by atoms with van der Waals surface area (Å²) in [6.45, 7) is 0.320. The fraction of sp³-hybridized carbons (Fsp3) is 0.348. The van der Waals surface area contributed by atoms with Crippen molar-refractivity contribution in [3.63, 3.8) is 0 Å². The molecular weight excluding hydrogens is 322 g/mol. The third-order valence-electron chi connectivity index (χ3n) is 5.63. The molecule has 3 nitrogen and oxygen atoms in total. The first-order valence-electron chi connectivity index (χ1n) is 9.34. The second-order valence-corrected chi connectivity index (χ2v) is 7.22. The Kier molecular flexibility index (Phi) is 4.67. The highest BCUT2D eigenvalue weighted by Crippen LogP contribution is 2.44. The molecule has 0 spiro atoms. The molecule has 0 radical (unpaired) electrons. The first-order chi connectivity index (χ1) is 12.8. The van der Waals surface area contributed by atoms with Crippen molar-refractivity contribution in [1.29, 1.82) is 0 Å². The van der Waals surface area contributed by atoms with E-state index < -0.39 is 6.09 Å². The van der Waals surface area contributed by atoms with Crippen LogP contribution in [0.1, 0.15) is 42.7 Å². The lowest BCUT2D eigenvalue weighted by Crippen LogP contribution is -2.37. The zero-order valence-electron chi connectivity index (χ0n) is 14.8. The maximum Gasteiger partial charge on any atom is 0.408 e. The van der Waals surface area contributed by atoms with Crippen LogP contribution in [0.15, 0.2) is 48.5 Å². The van der Waals surface area contributed by atoms with E-state index in [0.29, 0.717) is 12.5 Å². The summed E-state index contributed by atoms with van der Waals surface area (Å²) in [6.07, 6.45) is 9.69. The van der Waals surface area contributed by atoms with E-state index in [0.717, 1.165) is 6.42 Å². The SMILES string of the molecule is C#CC(CC1CCC1)NC(=O)OCC1c2ccccc2-c2ccccc21. The number of alkyl carbamates (subject to hydrolysis) is 1. The third kappa shape index (κ3) is 3.20. The van der Waals surface area contributed by atoms with Gasteiger partial charge in [0.15, 0.2) is 0 Å². The van der Waals surface area contributed by atoms with Crippen molar-refractivity contribution in [2.45, 2.75) is 37.6 Å².